The Morgan fingerprint density at radius 2 is 2.15 bits per heavy atom. The Morgan fingerprint density at radius 3 is 2.70 bits per heavy atom. The van der Waals surface area contributed by atoms with Crippen LogP contribution in [0.2, 0.25) is 10.0 Å². The average molecular weight is 340 g/mol. The van der Waals surface area contributed by atoms with E-state index in [1.165, 1.54) is 16.4 Å². The molecule has 0 saturated carbocycles. The SMILES string of the molecule is COC1CCN(S(=O)(=O)c2ccc(Cl)c(CO)c2Cl)C1. The lowest BCUT2D eigenvalue weighted by molar-refractivity contribution is 0.115. The zero-order valence-corrected chi connectivity index (χ0v) is 13.2. The highest BCUT2D eigenvalue weighted by Crippen LogP contribution is 2.33. The van der Waals surface area contributed by atoms with Gasteiger partial charge in [-0.2, -0.15) is 4.31 Å². The van der Waals surface area contributed by atoms with Crippen molar-refractivity contribution in [1.82, 2.24) is 4.31 Å². The van der Waals surface area contributed by atoms with Crippen molar-refractivity contribution < 1.29 is 18.3 Å². The van der Waals surface area contributed by atoms with Gasteiger partial charge in [0.1, 0.15) is 4.90 Å². The molecule has 1 aromatic rings. The topological polar surface area (TPSA) is 66.8 Å². The van der Waals surface area contributed by atoms with Crippen LogP contribution >= 0.6 is 23.2 Å². The van der Waals surface area contributed by atoms with Crippen LogP contribution in [0.3, 0.4) is 0 Å². The Kier molecular flexibility index (Phi) is 4.94. The zero-order valence-electron chi connectivity index (χ0n) is 10.8. The van der Waals surface area contributed by atoms with Gasteiger partial charge in [0.25, 0.3) is 0 Å². The third-order valence-corrected chi connectivity index (χ3v) is 6.17. The lowest BCUT2D eigenvalue weighted by Gasteiger charge is -2.18. The summed E-state index contributed by atoms with van der Waals surface area (Å²) in [4.78, 5) is -0.0376. The predicted molar refractivity (Wildman–Crippen MR) is 76.6 cm³/mol. The smallest absolute Gasteiger partial charge is 0.244 e. The summed E-state index contributed by atoms with van der Waals surface area (Å²) >= 11 is 11.9. The first-order valence-electron chi connectivity index (χ1n) is 6.02. The largest absolute Gasteiger partial charge is 0.392 e. The van der Waals surface area contributed by atoms with E-state index in [1.54, 1.807) is 7.11 Å². The molecule has 1 N–H and O–H groups in total. The van der Waals surface area contributed by atoms with Crippen LogP contribution in [0.5, 0.6) is 0 Å². The van der Waals surface area contributed by atoms with Gasteiger partial charge >= 0.3 is 0 Å². The van der Waals surface area contributed by atoms with Gasteiger partial charge in [0.05, 0.1) is 17.7 Å². The summed E-state index contributed by atoms with van der Waals surface area (Å²) in [6, 6.07) is 2.79. The minimum atomic E-state index is -3.71. The van der Waals surface area contributed by atoms with Crippen LogP contribution in [0, 0.1) is 0 Å². The van der Waals surface area contributed by atoms with E-state index < -0.39 is 16.6 Å². The Balaban J connectivity index is 2.41. The second-order valence-electron chi connectivity index (χ2n) is 4.51. The molecule has 1 heterocycles. The summed E-state index contributed by atoms with van der Waals surface area (Å²) in [5, 5.41) is 9.45. The van der Waals surface area contributed by atoms with E-state index in [2.05, 4.69) is 0 Å². The Labute approximate surface area is 128 Å². The van der Waals surface area contributed by atoms with Crippen molar-refractivity contribution >= 4 is 33.2 Å². The second kappa shape index (κ2) is 6.17. The van der Waals surface area contributed by atoms with Crippen molar-refractivity contribution in [3.8, 4) is 0 Å². The fourth-order valence-electron chi connectivity index (χ4n) is 2.17. The molecule has 2 rings (SSSR count). The maximum atomic E-state index is 12.6. The van der Waals surface area contributed by atoms with Gasteiger partial charge in [0.2, 0.25) is 10.0 Å². The maximum Gasteiger partial charge on any atom is 0.244 e. The molecule has 1 fully saturated rings. The van der Waals surface area contributed by atoms with Crippen LogP contribution in [0.4, 0.5) is 0 Å². The molecule has 0 spiro atoms. The molecular formula is C12H15Cl2NO4S. The van der Waals surface area contributed by atoms with E-state index in [9.17, 15) is 13.5 Å². The van der Waals surface area contributed by atoms with Crippen LogP contribution in [-0.4, -0.2) is 44.1 Å². The molecule has 1 aliphatic rings. The summed E-state index contributed by atoms with van der Waals surface area (Å²) in [6.07, 6.45) is 0.543. The molecule has 5 nitrogen and oxygen atoms in total. The Morgan fingerprint density at radius 1 is 1.45 bits per heavy atom. The van der Waals surface area contributed by atoms with Gasteiger partial charge < -0.3 is 9.84 Å². The van der Waals surface area contributed by atoms with Gasteiger partial charge in [0, 0.05) is 30.8 Å². The summed E-state index contributed by atoms with van der Waals surface area (Å²) in [6.45, 7) is 0.266. The highest BCUT2D eigenvalue weighted by molar-refractivity contribution is 7.89. The first-order valence-corrected chi connectivity index (χ1v) is 8.22. The van der Waals surface area contributed by atoms with E-state index in [-0.39, 0.29) is 26.6 Å². The number of aliphatic hydroxyl groups is 1. The van der Waals surface area contributed by atoms with Gasteiger partial charge in [-0.3, -0.25) is 0 Å². The van der Waals surface area contributed by atoms with Gasteiger partial charge in [-0.25, -0.2) is 8.42 Å². The Hall–Kier alpha value is -0.370. The van der Waals surface area contributed by atoms with Gasteiger partial charge in [-0.1, -0.05) is 23.2 Å². The van der Waals surface area contributed by atoms with Crippen molar-refractivity contribution in [2.45, 2.75) is 24.0 Å². The van der Waals surface area contributed by atoms with Crippen LogP contribution in [-0.2, 0) is 21.4 Å². The normalized spacial score (nSPS) is 20.5. The highest BCUT2D eigenvalue weighted by atomic mass is 35.5. The minimum absolute atomic E-state index is 0.0270. The van der Waals surface area contributed by atoms with E-state index in [0.717, 1.165) is 0 Å². The van der Waals surface area contributed by atoms with Crippen molar-refractivity contribution in [1.29, 1.82) is 0 Å². The Bertz CT molecular complexity index is 606. The molecular weight excluding hydrogens is 325 g/mol. The number of nitrogens with zero attached hydrogens (tertiary/aromatic N) is 1. The van der Waals surface area contributed by atoms with E-state index in [0.29, 0.717) is 19.5 Å². The minimum Gasteiger partial charge on any atom is -0.392 e. The van der Waals surface area contributed by atoms with Crippen LogP contribution < -0.4 is 0 Å². The maximum absolute atomic E-state index is 12.6. The van der Waals surface area contributed by atoms with Crippen LogP contribution in [0.15, 0.2) is 17.0 Å². The summed E-state index contributed by atoms with van der Waals surface area (Å²) in [7, 11) is -2.15. The number of ether oxygens (including phenoxy) is 1. The predicted octanol–water partition coefficient (Wildman–Crippen LogP) is 1.90. The van der Waals surface area contributed by atoms with Crippen molar-refractivity contribution in [3.05, 3.63) is 27.7 Å². The highest BCUT2D eigenvalue weighted by Gasteiger charge is 2.34. The number of hydrogen-bond acceptors (Lipinski definition) is 4. The fraction of sp³-hybridized carbons (Fsp3) is 0.500. The van der Waals surface area contributed by atoms with Crippen LogP contribution in [0.25, 0.3) is 0 Å². The number of benzene rings is 1. The number of halogens is 2. The first kappa shape index (κ1) is 16.0. The number of rotatable bonds is 4. The summed E-state index contributed by atoms with van der Waals surface area (Å²) in [5.74, 6) is 0. The van der Waals surface area contributed by atoms with Gasteiger partial charge in [-0.05, 0) is 18.6 Å². The zero-order chi connectivity index (χ0) is 14.9. The lowest BCUT2D eigenvalue weighted by Crippen LogP contribution is -2.30. The third kappa shape index (κ3) is 2.81. The molecule has 0 aliphatic carbocycles. The number of sulfonamides is 1. The molecule has 0 aromatic heterocycles. The molecule has 1 saturated heterocycles. The summed E-state index contributed by atoms with van der Waals surface area (Å²) < 4.78 is 31.6. The first-order chi connectivity index (χ1) is 9.41. The average Bonchev–Trinajstić information content (AvgIpc) is 2.88. The number of aliphatic hydroxyl groups excluding tert-OH is 1. The van der Waals surface area contributed by atoms with E-state index >= 15 is 0 Å². The molecule has 1 aromatic carbocycles. The van der Waals surface area contributed by atoms with Crippen molar-refractivity contribution in [3.63, 3.8) is 0 Å². The molecule has 0 amide bonds. The molecule has 112 valence electrons. The molecule has 0 radical (unpaired) electrons. The lowest BCUT2D eigenvalue weighted by atomic mass is 10.2. The molecule has 8 heteroatoms. The molecule has 1 unspecified atom stereocenters. The summed E-state index contributed by atoms with van der Waals surface area (Å²) in [5.41, 5.74) is 0.219. The van der Waals surface area contributed by atoms with Crippen molar-refractivity contribution in [2.75, 3.05) is 20.2 Å². The number of methoxy groups -OCH3 is 1. The van der Waals surface area contributed by atoms with Gasteiger partial charge in [0.15, 0.2) is 0 Å². The molecule has 1 atom stereocenters. The quantitative estimate of drug-likeness (QED) is 0.909. The molecule has 0 bridgehead atoms. The third-order valence-electron chi connectivity index (χ3n) is 3.37. The van der Waals surface area contributed by atoms with Crippen molar-refractivity contribution in [2.24, 2.45) is 0 Å². The molecule has 20 heavy (non-hydrogen) atoms. The standard InChI is InChI=1S/C12H15Cl2NO4S/c1-19-8-4-5-15(6-8)20(17,18)11-3-2-10(13)9(7-16)12(11)14/h2-3,8,16H,4-7H2,1H3. The van der Waals surface area contributed by atoms with Crippen LogP contribution in [0.1, 0.15) is 12.0 Å². The number of hydrogen-bond donors (Lipinski definition) is 1. The van der Waals surface area contributed by atoms with E-state index in [1.807, 2.05) is 0 Å². The monoisotopic (exact) mass is 339 g/mol. The van der Waals surface area contributed by atoms with E-state index in [4.69, 9.17) is 27.9 Å². The fourth-order valence-corrected chi connectivity index (χ4v) is 4.53. The molecule has 1 aliphatic heterocycles. The second-order valence-corrected chi connectivity index (χ2v) is 7.20. The van der Waals surface area contributed by atoms with Gasteiger partial charge in [-0.15, -0.1) is 0 Å².